The molecule has 0 spiro atoms. The quantitative estimate of drug-likeness (QED) is 0.609. The van der Waals surface area contributed by atoms with Crippen LogP contribution in [0.15, 0.2) is 79.0 Å². The molecule has 0 atom stereocenters. The highest BCUT2D eigenvalue weighted by molar-refractivity contribution is 5.56. The molecule has 1 aliphatic rings. The minimum atomic E-state index is 0.136. The van der Waals surface area contributed by atoms with Gasteiger partial charge in [-0.1, -0.05) is 42.5 Å². The van der Waals surface area contributed by atoms with E-state index in [-0.39, 0.29) is 13.4 Å². The summed E-state index contributed by atoms with van der Waals surface area (Å²) in [5, 5.41) is 12.3. The molecule has 4 rings (SSSR count). The van der Waals surface area contributed by atoms with E-state index in [1.54, 1.807) is 12.5 Å². The molecule has 0 aliphatic carbocycles. The molecule has 1 aromatic heterocycles. The van der Waals surface area contributed by atoms with Gasteiger partial charge in [0.1, 0.15) is 12.1 Å². The van der Waals surface area contributed by atoms with Gasteiger partial charge in [-0.2, -0.15) is 4.98 Å². The monoisotopic (exact) mass is 390 g/mol. The van der Waals surface area contributed by atoms with E-state index in [4.69, 9.17) is 14.6 Å². The maximum absolute atomic E-state index is 9.04. The Morgan fingerprint density at radius 1 is 1.00 bits per heavy atom. The van der Waals surface area contributed by atoms with Gasteiger partial charge in [-0.3, -0.25) is 4.90 Å². The van der Waals surface area contributed by atoms with Crippen LogP contribution in [0, 0.1) is 0 Å². The maximum Gasteiger partial charge on any atom is 0.234 e. The van der Waals surface area contributed by atoms with Crippen LogP contribution < -0.4 is 10.2 Å². The zero-order chi connectivity index (χ0) is 19.9. The van der Waals surface area contributed by atoms with E-state index in [0.29, 0.717) is 30.6 Å². The highest BCUT2D eigenvalue weighted by Crippen LogP contribution is 2.25. The number of hydrogen-bond donors (Lipinski definition) is 2. The van der Waals surface area contributed by atoms with E-state index in [0.717, 1.165) is 16.8 Å². The zero-order valence-electron chi connectivity index (χ0n) is 15.9. The fourth-order valence-corrected chi connectivity index (χ4v) is 2.99. The predicted molar refractivity (Wildman–Crippen MR) is 110 cm³/mol. The fourth-order valence-electron chi connectivity index (χ4n) is 2.99. The average molecular weight is 390 g/mol. The van der Waals surface area contributed by atoms with Gasteiger partial charge in [0.25, 0.3) is 0 Å². The van der Waals surface area contributed by atoms with E-state index >= 15 is 0 Å². The fraction of sp³-hybridized carbons (Fsp3) is 0.182. The van der Waals surface area contributed by atoms with Crippen molar-refractivity contribution in [1.82, 2.24) is 9.97 Å². The molecule has 0 radical (unpaired) electrons. The molecular formula is C22H22N4O3. The Hall–Kier alpha value is -3.58. The number of rotatable bonds is 8. The lowest BCUT2D eigenvalue weighted by atomic mass is 10.1. The minimum absolute atomic E-state index is 0.136. The minimum Gasteiger partial charge on any atom is -0.459 e. The lowest BCUT2D eigenvalue weighted by molar-refractivity contribution is 0.0781. The van der Waals surface area contributed by atoms with Gasteiger partial charge in [-0.15, -0.1) is 0 Å². The van der Waals surface area contributed by atoms with Crippen molar-refractivity contribution in [2.45, 2.75) is 13.0 Å². The molecule has 29 heavy (non-hydrogen) atoms. The van der Waals surface area contributed by atoms with Crippen LogP contribution in [-0.4, -0.2) is 28.5 Å². The lowest BCUT2D eigenvalue weighted by Crippen LogP contribution is -2.23. The molecule has 148 valence electrons. The zero-order valence-corrected chi connectivity index (χ0v) is 15.9. The third-order valence-electron chi connectivity index (χ3n) is 4.44. The predicted octanol–water partition coefficient (Wildman–Crippen LogP) is 3.56. The van der Waals surface area contributed by atoms with E-state index in [1.807, 2.05) is 53.4 Å². The standard InChI is InChI=1S/C22H22N4O3/c27-13-11-17-6-8-19(9-7-17)24-22-23-12-10-20(25-22)26(21-15-28-16-29-21)14-18-4-2-1-3-5-18/h1-10,12,15,27H,11,13-14,16H2,(H,23,24,25). The molecule has 0 bridgehead atoms. The SMILES string of the molecule is OCCc1ccc(Nc2nccc(N(Cc3ccccc3)C3=COCO3)n2)cc1. The van der Waals surface area contributed by atoms with Gasteiger partial charge in [0.15, 0.2) is 0 Å². The highest BCUT2D eigenvalue weighted by Gasteiger charge is 2.20. The van der Waals surface area contributed by atoms with E-state index in [9.17, 15) is 0 Å². The van der Waals surface area contributed by atoms with Gasteiger partial charge in [0.2, 0.25) is 18.6 Å². The van der Waals surface area contributed by atoms with Gasteiger partial charge in [0, 0.05) is 18.5 Å². The molecule has 0 unspecified atom stereocenters. The number of ether oxygens (including phenoxy) is 2. The van der Waals surface area contributed by atoms with Gasteiger partial charge >= 0.3 is 0 Å². The number of aliphatic hydroxyl groups excluding tert-OH is 1. The molecule has 7 nitrogen and oxygen atoms in total. The summed E-state index contributed by atoms with van der Waals surface area (Å²) in [6.45, 7) is 0.913. The summed E-state index contributed by atoms with van der Waals surface area (Å²) in [5.41, 5.74) is 3.07. The number of benzene rings is 2. The van der Waals surface area contributed by atoms with Crippen LogP contribution in [0.2, 0.25) is 0 Å². The third-order valence-corrected chi connectivity index (χ3v) is 4.44. The summed E-state index contributed by atoms with van der Waals surface area (Å²) in [4.78, 5) is 10.9. The van der Waals surface area contributed by atoms with E-state index in [1.165, 1.54) is 0 Å². The van der Waals surface area contributed by atoms with E-state index < -0.39 is 0 Å². The van der Waals surface area contributed by atoms with Crippen molar-refractivity contribution in [1.29, 1.82) is 0 Å². The van der Waals surface area contributed by atoms with Crippen molar-refractivity contribution in [3.05, 3.63) is 90.1 Å². The van der Waals surface area contributed by atoms with Crippen LogP contribution in [0.5, 0.6) is 0 Å². The Kier molecular flexibility index (Phi) is 5.87. The number of anilines is 3. The Bertz CT molecular complexity index is 961. The number of hydrogen-bond acceptors (Lipinski definition) is 7. The normalized spacial score (nSPS) is 12.7. The maximum atomic E-state index is 9.04. The van der Waals surface area contributed by atoms with Crippen molar-refractivity contribution in [2.24, 2.45) is 0 Å². The first-order valence-electron chi connectivity index (χ1n) is 9.38. The van der Waals surface area contributed by atoms with E-state index in [2.05, 4.69) is 27.4 Å². The van der Waals surface area contributed by atoms with Crippen molar-refractivity contribution in [3.8, 4) is 0 Å². The molecule has 3 aromatic rings. The topological polar surface area (TPSA) is 79.7 Å². The summed E-state index contributed by atoms with van der Waals surface area (Å²) in [5.74, 6) is 1.78. The molecule has 0 fully saturated rings. The second-order valence-electron chi connectivity index (χ2n) is 6.49. The summed E-state index contributed by atoms with van der Waals surface area (Å²) < 4.78 is 10.9. The van der Waals surface area contributed by atoms with Crippen LogP contribution in [0.1, 0.15) is 11.1 Å². The van der Waals surface area contributed by atoms with Crippen LogP contribution in [0.3, 0.4) is 0 Å². The Morgan fingerprint density at radius 3 is 2.55 bits per heavy atom. The van der Waals surface area contributed by atoms with Gasteiger partial charge < -0.3 is 19.9 Å². The smallest absolute Gasteiger partial charge is 0.234 e. The summed E-state index contributed by atoms with van der Waals surface area (Å²) in [7, 11) is 0. The number of nitrogens with one attached hydrogen (secondary N) is 1. The van der Waals surface area contributed by atoms with Crippen molar-refractivity contribution >= 4 is 17.5 Å². The Balaban J connectivity index is 1.55. The average Bonchev–Trinajstić information content (AvgIpc) is 3.29. The first-order valence-corrected chi connectivity index (χ1v) is 9.38. The number of nitrogens with zero attached hydrogens (tertiary/aromatic N) is 3. The highest BCUT2D eigenvalue weighted by atomic mass is 16.7. The van der Waals surface area contributed by atoms with Crippen LogP contribution in [-0.2, 0) is 22.4 Å². The van der Waals surface area contributed by atoms with Gasteiger partial charge in [-0.05, 0) is 35.7 Å². The molecule has 0 saturated heterocycles. The first kappa shape index (κ1) is 18.8. The molecule has 2 heterocycles. The van der Waals surface area contributed by atoms with Crippen molar-refractivity contribution < 1.29 is 14.6 Å². The summed E-state index contributed by atoms with van der Waals surface area (Å²) >= 11 is 0. The molecule has 2 aromatic carbocycles. The largest absolute Gasteiger partial charge is 0.459 e. The van der Waals surface area contributed by atoms with Crippen molar-refractivity contribution in [3.63, 3.8) is 0 Å². The lowest BCUT2D eigenvalue weighted by Gasteiger charge is -2.23. The van der Waals surface area contributed by atoms with Gasteiger partial charge in [0.05, 0.1) is 6.54 Å². The van der Waals surface area contributed by atoms with Crippen LogP contribution in [0.25, 0.3) is 0 Å². The second kappa shape index (κ2) is 9.07. The third kappa shape index (κ3) is 4.83. The second-order valence-corrected chi connectivity index (χ2v) is 6.49. The molecule has 2 N–H and O–H groups in total. The van der Waals surface area contributed by atoms with Crippen LogP contribution >= 0.6 is 0 Å². The number of aliphatic hydroxyl groups is 1. The Morgan fingerprint density at radius 2 is 1.83 bits per heavy atom. The molecule has 0 amide bonds. The Labute approximate surface area is 169 Å². The number of aromatic nitrogens is 2. The summed E-state index contributed by atoms with van der Waals surface area (Å²) in [6.07, 6.45) is 3.94. The molecule has 1 aliphatic heterocycles. The molecule has 7 heteroatoms. The van der Waals surface area contributed by atoms with Gasteiger partial charge in [-0.25, -0.2) is 4.98 Å². The summed E-state index contributed by atoms with van der Waals surface area (Å²) in [6, 6.07) is 19.8. The molecular weight excluding hydrogens is 368 g/mol. The first-order chi connectivity index (χ1) is 14.3. The van der Waals surface area contributed by atoms with Crippen LogP contribution in [0.4, 0.5) is 17.5 Å². The molecule has 0 saturated carbocycles. The van der Waals surface area contributed by atoms with Crippen molar-refractivity contribution in [2.75, 3.05) is 23.6 Å².